The van der Waals surface area contributed by atoms with E-state index in [0.29, 0.717) is 23.8 Å². The van der Waals surface area contributed by atoms with Crippen LogP contribution in [0.1, 0.15) is 55.9 Å². The number of ether oxygens (including phenoxy) is 1. The van der Waals surface area contributed by atoms with Crippen molar-refractivity contribution in [3.63, 3.8) is 0 Å². The van der Waals surface area contributed by atoms with Crippen LogP contribution in [0.25, 0.3) is 6.08 Å². The first-order valence-electron chi connectivity index (χ1n) is 8.92. The molecule has 1 fully saturated rings. The Labute approximate surface area is 152 Å². The third-order valence-electron chi connectivity index (χ3n) is 4.69. The Bertz CT molecular complexity index is 882. The first kappa shape index (κ1) is 16.6. The minimum absolute atomic E-state index is 0.0478. The summed E-state index contributed by atoms with van der Waals surface area (Å²) in [6.07, 6.45) is 6.88. The number of fused-ring (bicyclic) bond motifs is 1. The van der Waals surface area contributed by atoms with Gasteiger partial charge in [0.2, 0.25) is 5.89 Å². The van der Waals surface area contributed by atoms with Crippen LogP contribution in [0, 0.1) is 0 Å². The first-order valence-corrected chi connectivity index (χ1v) is 8.92. The quantitative estimate of drug-likeness (QED) is 0.840. The van der Waals surface area contributed by atoms with Crippen molar-refractivity contribution < 1.29 is 14.1 Å². The molecule has 0 bridgehead atoms. The maximum atomic E-state index is 13.1. The highest BCUT2D eigenvalue weighted by molar-refractivity contribution is 6.01. The summed E-state index contributed by atoms with van der Waals surface area (Å²) >= 11 is 0. The molecule has 3 heterocycles. The number of nitrogens with zero attached hydrogens (tertiary/aromatic N) is 3. The maximum Gasteiger partial charge on any atom is 0.254 e. The summed E-state index contributed by atoms with van der Waals surface area (Å²) in [6.45, 7) is 4.71. The van der Waals surface area contributed by atoms with Crippen molar-refractivity contribution in [1.29, 1.82) is 0 Å². The molecule has 0 unspecified atom stereocenters. The van der Waals surface area contributed by atoms with Crippen molar-refractivity contribution in [1.82, 2.24) is 15.0 Å². The van der Waals surface area contributed by atoms with Crippen LogP contribution in [0.3, 0.4) is 0 Å². The Morgan fingerprint density at radius 2 is 2.15 bits per heavy atom. The number of hydrogen-bond donors (Lipinski definition) is 0. The fourth-order valence-electron chi connectivity index (χ4n) is 3.29. The molecule has 2 aliphatic heterocycles. The molecule has 0 aliphatic carbocycles. The molecule has 0 radical (unpaired) electrons. The average Bonchev–Trinajstić information content (AvgIpc) is 3.25. The van der Waals surface area contributed by atoms with Crippen molar-refractivity contribution in [2.24, 2.45) is 0 Å². The molecule has 1 atom stereocenters. The minimum atomic E-state index is -0.170. The summed E-state index contributed by atoms with van der Waals surface area (Å²) < 4.78 is 11.0. The number of hydrogen-bond acceptors (Lipinski definition) is 5. The number of aromatic nitrogens is 2. The molecule has 1 saturated heterocycles. The molecular weight excluding hydrogens is 330 g/mol. The molecule has 26 heavy (non-hydrogen) atoms. The fraction of sp³-hybridized carbons (Fsp3) is 0.350. The van der Waals surface area contributed by atoms with E-state index < -0.39 is 0 Å². The number of benzene rings is 1. The topological polar surface area (TPSA) is 68.5 Å². The van der Waals surface area contributed by atoms with Crippen LogP contribution in [-0.2, 0) is 4.79 Å². The smallest absolute Gasteiger partial charge is 0.254 e. The molecule has 134 valence electrons. The lowest BCUT2D eigenvalue weighted by Crippen LogP contribution is -2.31. The van der Waals surface area contributed by atoms with Crippen LogP contribution >= 0.6 is 0 Å². The first-order chi connectivity index (χ1) is 12.6. The van der Waals surface area contributed by atoms with E-state index >= 15 is 0 Å². The minimum Gasteiger partial charge on any atom is -0.464 e. The predicted molar refractivity (Wildman–Crippen MR) is 96.3 cm³/mol. The van der Waals surface area contributed by atoms with Gasteiger partial charge < -0.3 is 14.2 Å². The molecule has 0 N–H and O–H groups in total. The van der Waals surface area contributed by atoms with Gasteiger partial charge in [0.1, 0.15) is 11.8 Å². The molecule has 0 spiro atoms. The van der Waals surface area contributed by atoms with Gasteiger partial charge in [0.15, 0.2) is 5.82 Å². The van der Waals surface area contributed by atoms with Gasteiger partial charge in [-0.15, -0.1) is 0 Å². The van der Waals surface area contributed by atoms with Gasteiger partial charge in [-0.2, -0.15) is 4.98 Å². The highest BCUT2D eigenvalue weighted by Gasteiger charge is 2.35. The summed E-state index contributed by atoms with van der Waals surface area (Å²) in [5, 5.41) is 4.04. The van der Waals surface area contributed by atoms with Crippen LogP contribution in [0.15, 0.2) is 46.7 Å². The lowest BCUT2D eigenvalue weighted by Gasteiger charge is -2.22. The van der Waals surface area contributed by atoms with Gasteiger partial charge in [-0.05, 0) is 31.1 Å². The lowest BCUT2D eigenvalue weighted by atomic mass is 10.1. The second-order valence-electron chi connectivity index (χ2n) is 6.86. The SMILES string of the molecule is CC(C)c1noc([C@@H]2CCCN2C(=O)C2=Cc3ccccc3OC=C2)n1. The van der Waals surface area contributed by atoms with Gasteiger partial charge in [-0.25, -0.2) is 0 Å². The normalized spacial score (nSPS) is 19.1. The Kier molecular flexibility index (Phi) is 4.32. The number of carbonyl (C=O) groups excluding carboxylic acids is 1. The average molecular weight is 351 g/mol. The zero-order chi connectivity index (χ0) is 18.1. The highest BCUT2D eigenvalue weighted by atomic mass is 16.5. The van der Waals surface area contributed by atoms with Crippen LogP contribution in [0.5, 0.6) is 5.75 Å². The molecule has 4 rings (SSSR count). The largest absolute Gasteiger partial charge is 0.464 e. The molecule has 1 amide bonds. The Morgan fingerprint density at radius 1 is 1.31 bits per heavy atom. The monoisotopic (exact) mass is 351 g/mol. The number of likely N-dealkylation sites (tertiary alicyclic amines) is 1. The zero-order valence-corrected chi connectivity index (χ0v) is 14.9. The van der Waals surface area contributed by atoms with Crippen molar-refractivity contribution in [2.45, 2.75) is 38.6 Å². The van der Waals surface area contributed by atoms with E-state index in [-0.39, 0.29) is 17.9 Å². The van der Waals surface area contributed by atoms with Gasteiger partial charge in [-0.1, -0.05) is 37.2 Å². The molecule has 2 aliphatic rings. The second kappa shape index (κ2) is 6.78. The van der Waals surface area contributed by atoms with Gasteiger partial charge in [0, 0.05) is 23.6 Å². The molecule has 6 heteroatoms. The predicted octanol–water partition coefficient (Wildman–Crippen LogP) is 3.85. The van der Waals surface area contributed by atoms with E-state index in [1.165, 1.54) is 0 Å². The number of para-hydroxylation sites is 1. The zero-order valence-electron chi connectivity index (χ0n) is 14.9. The molecule has 1 aromatic carbocycles. The van der Waals surface area contributed by atoms with Gasteiger partial charge in [0.25, 0.3) is 5.91 Å². The van der Waals surface area contributed by atoms with Crippen LogP contribution < -0.4 is 4.74 Å². The Morgan fingerprint density at radius 3 is 2.96 bits per heavy atom. The van der Waals surface area contributed by atoms with Crippen LogP contribution in [0.4, 0.5) is 0 Å². The molecule has 6 nitrogen and oxygen atoms in total. The Hall–Kier alpha value is -2.89. The van der Waals surface area contributed by atoms with E-state index in [1.54, 1.807) is 12.3 Å². The third-order valence-corrected chi connectivity index (χ3v) is 4.69. The lowest BCUT2D eigenvalue weighted by molar-refractivity contribution is -0.128. The van der Waals surface area contributed by atoms with E-state index in [0.717, 1.165) is 24.2 Å². The molecule has 2 aromatic rings. The van der Waals surface area contributed by atoms with E-state index in [1.807, 2.05) is 49.1 Å². The van der Waals surface area contributed by atoms with E-state index in [4.69, 9.17) is 9.26 Å². The summed E-state index contributed by atoms with van der Waals surface area (Å²) in [4.78, 5) is 19.5. The third kappa shape index (κ3) is 3.03. The van der Waals surface area contributed by atoms with E-state index in [9.17, 15) is 4.79 Å². The summed E-state index contributed by atoms with van der Waals surface area (Å²) in [5.41, 5.74) is 1.47. The summed E-state index contributed by atoms with van der Waals surface area (Å²) in [6, 6.07) is 7.48. The maximum absolute atomic E-state index is 13.1. The molecule has 0 saturated carbocycles. The standard InChI is InChI=1S/C20H21N3O3/c1-13(2)18-21-19(26-22-18)16-7-5-10-23(16)20(24)15-9-11-25-17-8-4-3-6-14(17)12-15/h3-4,6,8-9,11-13,16H,5,7,10H2,1-2H3/t16-/m0/s1. The number of rotatable bonds is 3. The number of carbonyl (C=O) groups is 1. The van der Waals surface area contributed by atoms with Crippen molar-refractivity contribution in [3.05, 3.63) is 59.5 Å². The van der Waals surface area contributed by atoms with Crippen molar-refractivity contribution in [2.75, 3.05) is 6.54 Å². The van der Waals surface area contributed by atoms with E-state index in [2.05, 4.69) is 10.1 Å². The van der Waals surface area contributed by atoms with Gasteiger partial charge in [-0.3, -0.25) is 4.79 Å². The van der Waals surface area contributed by atoms with Crippen LogP contribution in [-0.4, -0.2) is 27.5 Å². The van der Waals surface area contributed by atoms with Crippen molar-refractivity contribution in [3.8, 4) is 5.75 Å². The Balaban J connectivity index is 1.61. The van der Waals surface area contributed by atoms with Gasteiger partial charge >= 0.3 is 0 Å². The molecular formula is C20H21N3O3. The number of amides is 1. The summed E-state index contributed by atoms with van der Waals surface area (Å²) in [7, 11) is 0. The molecule has 1 aromatic heterocycles. The van der Waals surface area contributed by atoms with Crippen LogP contribution in [0.2, 0.25) is 0 Å². The second-order valence-corrected chi connectivity index (χ2v) is 6.86. The summed E-state index contributed by atoms with van der Waals surface area (Å²) in [5.74, 6) is 2.08. The van der Waals surface area contributed by atoms with Crippen molar-refractivity contribution >= 4 is 12.0 Å². The van der Waals surface area contributed by atoms with Gasteiger partial charge in [0.05, 0.1) is 6.26 Å². The highest BCUT2D eigenvalue weighted by Crippen LogP contribution is 2.34. The fourth-order valence-corrected chi connectivity index (χ4v) is 3.29.